The van der Waals surface area contributed by atoms with Crippen molar-refractivity contribution in [3.05, 3.63) is 93.0 Å². The Morgan fingerprint density at radius 1 is 1.00 bits per heavy atom. The molecule has 0 aromatic heterocycles. The summed E-state index contributed by atoms with van der Waals surface area (Å²) in [6, 6.07) is 17.0. The van der Waals surface area contributed by atoms with E-state index in [9.17, 15) is 19.2 Å². The highest BCUT2D eigenvalue weighted by molar-refractivity contribution is 9.10. The fraction of sp³-hybridized carbons (Fsp3) is 0.267. The molecule has 2 aliphatic rings. The van der Waals surface area contributed by atoms with Crippen molar-refractivity contribution in [3.8, 4) is 5.75 Å². The van der Waals surface area contributed by atoms with Crippen molar-refractivity contribution < 1.29 is 28.7 Å². The molecular weight excluding hydrogens is 578 g/mol. The third-order valence-corrected chi connectivity index (χ3v) is 7.00. The maximum absolute atomic E-state index is 13.2. The smallest absolute Gasteiger partial charge is 0.410 e. The Morgan fingerprint density at radius 2 is 1.70 bits per heavy atom. The maximum Gasteiger partial charge on any atom is 0.410 e. The van der Waals surface area contributed by atoms with Gasteiger partial charge >= 0.3 is 6.09 Å². The molecule has 3 aromatic carbocycles. The molecule has 206 valence electrons. The van der Waals surface area contributed by atoms with Crippen molar-refractivity contribution in [2.45, 2.75) is 39.5 Å². The average molecular weight is 606 g/mol. The van der Waals surface area contributed by atoms with Gasteiger partial charge in [0.15, 0.2) is 0 Å². The van der Waals surface area contributed by atoms with Gasteiger partial charge in [-0.1, -0.05) is 24.3 Å². The highest BCUT2D eigenvalue weighted by Gasteiger charge is 2.35. The second kappa shape index (κ2) is 10.8. The minimum atomic E-state index is -0.628. The second-order valence-electron chi connectivity index (χ2n) is 10.6. The molecule has 40 heavy (non-hydrogen) atoms. The van der Waals surface area contributed by atoms with Crippen molar-refractivity contribution in [1.82, 2.24) is 9.80 Å². The molecule has 0 saturated heterocycles. The molecule has 9 nitrogen and oxygen atoms in total. The van der Waals surface area contributed by atoms with E-state index in [1.54, 1.807) is 65.6 Å². The molecule has 10 heteroatoms. The quantitative estimate of drug-likeness (QED) is 0.387. The van der Waals surface area contributed by atoms with Crippen LogP contribution in [0, 0.1) is 0 Å². The number of hydrogen-bond donors (Lipinski definition) is 1. The number of benzene rings is 3. The van der Waals surface area contributed by atoms with E-state index in [0.29, 0.717) is 56.9 Å². The van der Waals surface area contributed by atoms with E-state index < -0.39 is 11.7 Å². The van der Waals surface area contributed by atoms with Gasteiger partial charge in [-0.3, -0.25) is 19.3 Å². The average Bonchev–Trinajstić information content (AvgIpc) is 3.04. The number of carbonyl (C=O) groups is 4. The summed E-state index contributed by atoms with van der Waals surface area (Å²) in [7, 11) is 0. The Hall–Kier alpha value is -4.18. The minimum absolute atomic E-state index is 0.0513. The number of anilines is 1. The molecule has 0 saturated carbocycles. The fourth-order valence-electron chi connectivity index (χ4n) is 4.61. The molecule has 0 spiro atoms. The Balaban J connectivity index is 1.31. The molecule has 3 aromatic rings. The predicted molar refractivity (Wildman–Crippen MR) is 151 cm³/mol. The fourth-order valence-corrected chi connectivity index (χ4v) is 5.22. The van der Waals surface area contributed by atoms with Gasteiger partial charge in [0.25, 0.3) is 17.7 Å². The molecule has 0 radical (unpaired) electrons. The molecule has 0 unspecified atom stereocenters. The SMILES string of the molecule is CC(C)(C)OC(=O)N1CCOc2c(Br)cc(NC(=O)c3cccc(CN4C(=O)c5ccccc5C4=O)c3)cc2C1. The van der Waals surface area contributed by atoms with Gasteiger partial charge < -0.3 is 19.7 Å². The molecular formula is C30H28BrN3O6. The Morgan fingerprint density at radius 3 is 2.38 bits per heavy atom. The first-order valence-corrected chi connectivity index (χ1v) is 13.6. The number of amides is 4. The van der Waals surface area contributed by atoms with Crippen LogP contribution in [0.15, 0.2) is 65.1 Å². The highest BCUT2D eigenvalue weighted by Crippen LogP contribution is 2.35. The normalized spacial score (nSPS) is 14.7. The molecule has 4 amide bonds. The van der Waals surface area contributed by atoms with Crippen LogP contribution >= 0.6 is 15.9 Å². The number of carbonyl (C=O) groups excluding carboxylic acids is 4. The Kier molecular flexibility index (Phi) is 7.37. The van der Waals surface area contributed by atoms with E-state index in [1.807, 2.05) is 20.8 Å². The molecule has 0 aliphatic carbocycles. The first-order valence-electron chi connectivity index (χ1n) is 12.8. The third-order valence-electron chi connectivity index (χ3n) is 6.41. The monoisotopic (exact) mass is 605 g/mol. The molecule has 2 heterocycles. The minimum Gasteiger partial charge on any atom is -0.490 e. The number of hydrogen-bond acceptors (Lipinski definition) is 6. The van der Waals surface area contributed by atoms with Gasteiger partial charge in [0, 0.05) is 16.8 Å². The van der Waals surface area contributed by atoms with Crippen molar-refractivity contribution in [3.63, 3.8) is 0 Å². The zero-order valence-corrected chi connectivity index (χ0v) is 23.9. The molecule has 0 fully saturated rings. The van der Waals surface area contributed by atoms with E-state index in [1.165, 1.54) is 4.90 Å². The topological polar surface area (TPSA) is 105 Å². The first-order chi connectivity index (χ1) is 19.0. The number of nitrogens with zero attached hydrogens (tertiary/aromatic N) is 2. The summed E-state index contributed by atoms with van der Waals surface area (Å²) in [5.74, 6) is -0.470. The summed E-state index contributed by atoms with van der Waals surface area (Å²) in [4.78, 5) is 54.2. The van der Waals surface area contributed by atoms with Gasteiger partial charge in [0.2, 0.25) is 0 Å². The van der Waals surface area contributed by atoms with E-state index in [0.717, 1.165) is 0 Å². The van der Waals surface area contributed by atoms with Gasteiger partial charge in [-0.05, 0) is 78.7 Å². The van der Waals surface area contributed by atoms with Gasteiger partial charge in [0.05, 0.1) is 35.2 Å². The maximum atomic E-state index is 13.2. The van der Waals surface area contributed by atoms with Crippen LogP contribution in [-0.2, 0) is 17.8 Å². The van der Waals surface area contributed by atoms with Gasteiger partial charge in [0.1, 0.15) is 18.0 Å². The molecule has 0 atom stereocenters. The number of ether oxygens (including phenoxy) is 2. The van der Waals surface area contributed by atoms with Crippen LogP contribution in [0.5, 0.6) is 5.75 Å². The van der Waals surface area contributed by atoms with E-state index >= 15 is 0 Å². The summed E-state index contributed by atoms with van der Waals surface area (Å²) < 4.78 is 12.1. The molecule has 1 N–H and O–H groups in total. The number of nitrogens with one attached hydrogen (secondary N) is 1. The second-order valence-corrected chi connectivity index (χ2v) is 11.4. The Labute approximate surface area is 240 Å². The Bertz CT molecular complexity index is 1500. The van der Waals surface area contributed by atoms with Crippen molar-refractivity contribution in [2.24, 2.45) is 0 Å². The number of fused-ring (bicyclic) bond motifs is 2. The van der Waals surface area contributed by atoms with E-state index in [4.69, 9.17) is 9.47 Å². The standard InChI is InChI=1S/C30H28BrN3O6/c1-30(2,3)40-29(38)33-11-12-39-25-20(17-33)14-21(15-24(25)31)32-26(35)19-8-6-7-18(13-19)16-34-27(36)22-9-4-5-10-23(22)28(34)37/h4-10,13-15H,11-12,16-17H2,1-3H3,(H,32,35). The van der Waals surface area contributed by atoms with E-state index in [2.05, 4.69) is 21.2 Å². The van der Waals surface area contributed by atoms with Crippen LogP contribution in [0.2, 0.25) is 0 Å². The largest absolute Gasteiger partial charge is 0.490 e. The summed E-state index contributed by atoms with van der Waals surface area (Å²) in [5, 5.41) is 2.90. The van der Waals surface area contributed by atoms with Crippen LogP contribution in [-0.4, -0.2) is 52.4 Å². The first kappa shape index (κ1) is 27.4. The van der Waals surface area contributed by atoms with E-state index in [-0.39, 0.29) is 30.8 Å². The summed E-state index contributed by atoms with van der Waals surface area (Å²) >= 11 is 3.52. The summed E-state index contributed by atoms with van der Waals surface area (Å²) in [5.41, 5.74) is 2.37. The van der Waals surface area contributed by atoms with Gasteiger partial charge in [-0.15, -0.1) is 0 Å². The van der Waals surface area contributed by atoms with Crippen LogP contribution in [0.4, 0.5) is 10.5 Å². The van der Waals surface area contributed by atoms with Crippen molar-refractivity contribution in [1.29, 1.82) is 0 Å². The number of imide groups is 1. The molecule has 5 rings (SSSR count). The summed E-state index contributed by atoms with van der Waals surface area (Å²) in [6.07, 6.45) is -0.440. The van der Waals surface area contributed by atoms with Crippen LogP contribution in [0.3, 0.4) is 0 Å². The zero-order valence-electron chi connectivity index (χ0n) is 22.3. The summed E-state index contributed by atoms with van der Waals surface area (Å²) in [6.45, 7) is 6.40. The number of halogens is 1. The van der Waals surface area contributed by atoms with Crippen molar-refractivity contribution in [2.75, 3.05) is 18.5 Å². The lowest BCUT2D eigenvalue weighted by molar-refractivity contribution is 0.0225. The zero-order chi connectivity index (χ0) is 28.6. The lowest BCUT2D eigenvalue weighted by Gasteiger charge is -2.26. The number of rotatable bonds is 4. The predicted octanol–water partition coefficient (Wildman–Crippen LogP) is 5.63. The van der Waals surface area contributed by atoms with Crippen LogP contribution in [0.25, 0.3) is 0 Å². The highest BCUT2D eigenvalue weighted by atomic mass is 79.9. The van der Waals surface area contributed by atoms with Gasteiger partial charge in [-0.25, -0.2) is 4.79 Å². The van der Waals surface area contributed by atoms with Crippen molar-refractivity contribution >= 4 is 45.4 Å². The van der Waals surface area contributed by atoms with Crippen LogP contribution < -0.4 is 10.1 Å². The molecule has 2 aliphatic heterocycles. The third kappa shape index (κ3) is 5.72. The van der Waals surface area contributed by atoms with Gasteiger partial charge in [-0.2, -0.15) is 0 Å². The van der Waals surface area contributed by atoms with Crippen LogP contribution in [0.1, 0.15) is 63.0 Å². The lowest BCUT2D eigenvalue weighted by atomic mass is 10.1. The lowest BCUT2D eigenvalue weighted by Crippen LogP contribution is -2.37. The molecule has 0 bridgehead atoms.